The first-order valence-electron chi connectivity index (χ1n) is 8.52. The number of aryl methyl sites for hydroxylation is 1. The molecule has 0 aromatic carbocycles. The van der Waals surface area contributed by atoms with Gasteiger partial charge in [0.15, 0.2) is 0 Å². The maximum Gasteiger partial charge on any atom is 0.253 e. The van der Waals surface area contributed by atoms with Crippen molar-refractivity contribution in [2.45, 2.75) is 46.1 Å². The molecule has 2 aromatic rings. The lowest BCUT2D eigenvalue weighted by atomic mass is 10.2. The van der Waals surface area contributed by atoms with E-state index in [-0.39, 0.29) is 0 Å². The summed E-state index contributed by atoms with van der Waals surface area (Å²) >= 11 is 0. The summed E-state index contributed by atoms with van der Waals surface area (Å²) in [5.74, 6) is 0.536. The van der Waals surface area contributed by atoms with Gasteiger partial charge in [-0.2, -0.15) is 5.10 Å². The lowest BCUT2D eigenvalue weighted by Crippen LogP contribution is -2.31. The van der Waals surface area contributed by atoms with E-state index in [0.717, 1.165) is 29.6 Å². The molecule has 6 nitrogen and oxygen atoms in total. The third-order valence-electron chi connectivity index (χ3n) is 3.64. The molecule has 3 N–H and O–H groups in total. The van der Waals surface area contributed by atoms with Crippen LogP contribution in [0.15, 0.2) is 24.9 Å². The van der Waals surface area contributed by atoms with E-state index < -0.39 is 12.5 Å². The molecule has 3 heterocycles. The van der Waals surface area contributed by atoms with E-state index >= 15 is 0 Å². The van der Waals surface area contributed by atoms with E-state index in [4.69, 9.17) is 10.5 Å². The van der Waals surface area contributed by atoms with Crippen molar-refractivity contribution < 1.29 is 13.6 Å². The Hall–Kier alpha value is -2.35. The molecule has 1 unspecified atom stereocenters. The van der Waals surface area contributed by atoms with Crippen molar-refractivity contribution in [2.75, 3.05) is 19.3 Å². The fourth-order valence-electron chi connectivity index (χ4n) is 2.40. The summed E-state index contributed by atoms with van der Waals surface area (Å²) in [6.45, 7) is 9.86. The van der Waals surface area contributed by atoms with Crippen molar-refractivity contribution in [1.82, 2.24) is 20.1 Å². The van der Waals surface area contributed by atoms with Crippen LogP contribution in [0.2, 0.25) is 0 Å². The van der Waals surface area contributed by atoms with Gasteiger partial charge in [0.1, 0.15) is 12.1 Å². The van der Waals surface area contributed by atoms with Crippen LogP contribution in [0.1, 0.15) is 32.4 Å². The zero-order valence-electron chi connectivity index (χ0n) is 15.9. The average Bonchev–Trinajstić information content (AvgIpc) is 3.24. The van der Waals surface area contributed by atoms with Crippen LogP contribution in [-0.4, -0.2) is 52.4 Å². The normalized spacial score (nSPS) is 15.9. The predicted octanol–water partition coefficient (Wildman–Crippen LogP) is 3.59. The van der Waals surface area contributed by atoms with Gasteiger partial charge in [0.25, 0.3) is 6.43 Å². The molecule has 0 spiro atoms. The Morgan fingerprint density at radius 1 is 1.46 bits per heavy atom. The third-order valence-corrected chi connectivity index (χ3v) is 3.64. The van der Waals surface area contributed by atoms with E-state index in [1.54, 1.807) is 18.1 Å². The van der Waals surface area contributed by atoms with E-state index in [9.17, 15) is 8.78 Å². The van der Waals surface area contributed by atoms with Gasteiger partial charge in [-0.05, 0) is 45.5 Å². The number of hydrogen-bond donors (Lipinski definition) is 2. The van der Waals surface area contributed by atoms with Gasteiger partial charge in [0, 0.05) is 11.9 Å². The van der Waals surface area contributed by atoms with Crippen molar-refractivity contribution in [1.29, 1.82) is 0 Å². The van der Waals surface area contributed by atoms with Crippen molar-refractivity contribution in [3.8, 4) is 0 Å². The maximum atomic E-state index is 11.9. The minimum atomic E-state index is -2.16. The molecule has 0 radical (unpaired) electrons. The number of nitrogen functional groups attached to an aromatic ring is 1. The molecule has 1 aliphatic heterocycles. The summed E-state index contributed by atoms with van der Waals surface area (Å²) in [7, 11) is 1.75. The van der Waals surface area contributed by atoms with E-state index in [1.165, 1.54) is 6.08 Å². The van der Waals surface area contributed by atoms with Gasteiger partial charge in [-0.25, -0.2) is 13.8 Å². The van der Waals surface area contributed by atoms with Crippen molar-refractivity contribution >= 4 is 23.0 Å². The summed E-state index contributed by atoms with van der Waals surface area (Å²) in [6.07, 6.45) is 2.91. The maximum absolute atomic E-state index is 11.9. The number of nitrogens with zero attached hydrogens (tertiary/aromatic N) is 3. The second kappa shape index (κ2) is 12.9. The lowest BCUT2D eigenvalue weighted by molar-refractivity contribution is -0.104. The van der Waals surface area contributed by atoms with Crippen LogP contribution in [0.3, 0.4) is 0 Å². The first-order chi connectivity index (χ1) is 12.4. The molecule has 1 fully saturated rings. The highest BCUT2D eigenvalue weighted by Crippen LogP contribution is 2.20. The van der Waals surface area contributed by atoms with Gasteiger partial charge in [-0.3, -0.25) is 14.8 Å². The molecule has 0 saturated carbocycles. The SMILES string of the molecule is C=CC=O.CC.CN1CCCC1C(F)F.Cc1[nH]nc2ccnc(N)c12. The topological polar surface area (TPSA) is 87.9 Å². The molecule has 1 aliphatic rings. The number of carbonyl (C=O) groups excluding carboxylic acids is 1. The summed E-state index contributed by atoms with van der Waals surface area (Å²) in [5.41, 5.74) is 7.46. The van der Waals surface area contributed by atoms with E-state index in [2.05, 4.69) is 21.8 Å². The van der Waals surface area contributed by atoms with Crippen LogP contribution in [0, 0.1) is 6.92 Å². The van der Waals surface area contributed by atoms with Crippen LogP contribution in [-0.2, 0) is 4.79 Å². The largest absolute Gasteiger partial charge is 0.383 e. The number of alkyl halides is 2. The molecule has 8 heteroatoms. The zero-order valence-corrected chi connectivity index (χ0v) is 15.9. The molecule has 26 heavy (non-hydrogen) atoms. The number of halogens is 2. The summed E-state index contributed by atoms with van der Waals surface area (Å²) in [5, 5.41) is 7.81. The van der Waals surface area contributed by atoms with Gasteiger partial charge in [-0.15, -0.1) is 0 Å². The zero-order chi connectivity index (χ0) is 20.1. The Labute approximate surface area is 153 Å². The molecule has 0 amide bonds. The number of likely N-dealkylation sites (tertiary alicyclic amines) is 1. The summed E-state index contributed by atoms with van der Waals surface area (Å²) in [6, 6.07) is 1.36. The number of H-pyrrole nitrogens is 1. The molecular weight excluding hydrogens is 340 g/mol. The number of aromatic nitrogens is 3. The number of fused-ring (bicyclic) bond motifs is 1. The standard InChI is InChI=1S/C7H8N4.C6H11F2N.C3H4O.C2H6/c1-4-6-5(11-10-4)2-3-9-7(6)8;1-9-4-2-3-5(9)6(7)8;1-2-3-4;1-2/h2-3H,1H3,(H2,8,9)(H,10,11);5-6H,2-4H2,1H3;2-3H,1H2;1-2H3. The molecule has 0 aliphatic carbocycles. The Kier molecular flexibility index (Phi) is 11.8. The number of aldehydes is 1. The fourth-order valence-corrected chi connectivity index (χ4v) is 2.40. The number of allylic oxidation sites excluding steroid dienone is 1. The van der Waals surface area contributed by atoms with Crippen molar-refractivity contribution in [3.63, 3.8) is 0 Å². The minimum Gasteiger partial charge on any atom is -0.383 e. The van der Waals surface area contributed by atoms with Gasteiger partial charge in [0.2, 0.25) is 0 Å². The molecule has 3 rings (SSSR count). The van der Waals surface area contributed by atoms with Crippen LogP contribution in [0.5, 0.6) is 0 Å². The monoisotopic (exact) mass is 369 g/mol. The van der Waals surface area contributed by atoms with Gasteiger partial charge in [0.05, 0.1) is 16.9 Å². The molecule has 1 atom stereocenters. The number of pyridine rings is 1. The average molecular weight is 369 g/mol. The molecular formula is C18H29F2N5O. The number of anilines is 1. The summed E-state index contributed by atoms with van der Waals surface area (Å²) in [4.78, 5) is 14.7. The smallest absolute Gasteiger partial charge is 0.253 e. The molecule has 0 bridgehead atoms. The molecule has 146 valence electrons. The number of rotatable bonds is 2. The van der Waals surface area contributed by atoms with Gasteiger partial charge >= 0.3 is 0 Å². The van der Waals surface area contributed by atoms with Crippen LogP contribution in [0.4, 0.5) is 14.6 Å². The van der Waals surface area contributed by atoms with E-state index in [0.29, 0.717) is 18.5 Å². The Balaban J connectivity index is 0.000000377. The van der Waals surface area contributed by atoms with Crippen molar-refractivity contribution in [3.05, 3.63) is 30.6 Å². The number of nitrogens with one attached hydrogen (secondary N) is 1. The number of aromatic amines is 1. The third kappa shape index (κ3) is 7.26. The van der Waals surface area contributed by atoms with E-state index in [1.807, 2.05) is 26.8 Å². The van der Waals surface area contributed by atoms with Crippen molar-refractivity contribution in [2.24, 2.45) is 0 Å². The first kappa shape index (κ1) is 23.6. The second-order valence-corrected chi connectivity index (χ2v) is 5.34. The molecule has 2 aromatic heterocycles. The highest BCUT2D eigenvalue weighted by molar-refractivity contribution is 5.89. The van der Waals surface area contributed by atoms with Gasteiger partial charge in [-0.1, -0.05) is 20.4 Å². The Morgan fingerprint density at radius 3 is 2.46 bits per heavy atom. The Morgan fingerprint density at radius 2 is 2.08 bits per heavy atom. The van der Waals surface area contributed by atoms with Crippen LogP contribution in [0.25, 0.3) is 10.9 Å². The van der Waals surface area contributed by atoms with Crippen LogP contribution < -0.4 is 5.73 Å². The van der Waals surface area contributed by atoms with Crippen LogP contribution >= 0.6 is 0 Å². The fraction of sp³-hybridized carbons (Fsp3) is 0.500. The number of hydrogen-bond acceptors (Lipinski definition) is 5. The number of nitrogens with two attached hydrogens (primary N) is 1. The number of carbonyl (C=O) groups is 1. The second-order valence-electron chi connectivity index (χ2n) is 5.34. The summed E-state index contributed by atoms with van der Waals surface area (Å²) < 4.78 is 23.9. The minimum absolute atomic E-state index is 0.468. The molecule has 1 saturated heterocycles. The highest BCUT2D eigenvalue weighted by atomic mass is 19.3. The Bertz CT molecular complexity index is 654. The quantitative estimate of drug-likeness (QED) is 0.624. The van der Waals surface area contributed by atoms with Gasteiger partial charge < -0.3 is 5.73 Å². The predicted molar refractivity (Wildman–Crippen MR) is 102 cm³/mol. The highest BCUT2D eigenvalue weighted by Gasteiger charge is 2.28. The lowest BCUT2D eigenvalue weighted by Gasteiger charge is -2.17. The first-order valence-corrected chi connectivity index (χ1v) is 8.52.